The van der Waals surface area contributed by atoms with E-state index >= 15 is 0 Å². The van der Waals surface area contributed by atoms with Crippen LogP contribution in [-0.4, -0.2) is 32.1 Å². The molecule has 1 atom stereocenters. The maximum absolute atomic E-state index is 10.9. The number of rotatable bonds is 4. The number of carbonyl (C=O) groups is 1. The molecule has 0 spiro atoms. The summed E-state index contributed by atoms with van der Waals surface area (Å²) in [4.78, 5) is 10.9. The second kappa shape index (κ2) is 5.94. The van der Waals surface area contributed by atoms with Crippen LogP contribution in [0.5, 0.6) is 0 Å². The SMILES string of the molecule is CCOC(=O)COC1CCCCO1. The van der Waals surface area contributed by atoms with Gasteiger partial charge in [-0.05, 0) is 26.2 Å². The largest absolute Gasteiger partial charge is 0.464 e. The summed E-state index contributed by atoms with van der Waals surface area (Å²) in [5, 5.41) is 0. The summed E-state index contributed by atoms with van der Waals surface area (Å²) in [5.41, 5.74) is 0. The molecule has 0 saturated carbocycles. The van der Waals surface area contributed by atoms with Crippen LogP contribution in [0.3, 0.4) is 0 Å². The standard InChI is InChI=1S/C9H16O4/c1-2-11-8(10)7-13-9-5-3-4-6-12-9/h9H,2-7H2,1H3. The molecule has 1 aliphatic rings. The first kappa shape index (κ1) is 10.5. The zero-order valence-corrected chi connectivity index (χ0v) is 7.95. The van der Waals surface area contributed by atoms with Gasteiger partial charge in [-0.1, -0.05) is 0 Å². The Morgan fingerprint density at radius 3 is 3.00 bits per heavy atom. The highest BCUT2D eigenvalue weighted by Crippen LogP contribution is 2.13. The zero-order valence-electron chi connectivity index (χ0n) is 7.95. The minimum Gasteiger partial charge on any atom is -0.464 e. The topological polar surface area (TPSA) is 44.8 Å². The molecule has 1 fully saturated rings. The van der Waals surface area contributed by atoms with Crippen LogP contribution in [0.2, 0.25) is 0 Å². The van der Waals surface area contributed by atoms with Crippen LogP contribution < -0.4 is 0 Å². The molecule has 1 unspecified atom stereocenters. The molecular weight excluding hydrogens is 172 g/mol. The first-order valence-corrected chi connectivity index (χ1v) is 4.71. The van der Waals surface area contributed by atoms with E-state index < -0.39 is 0 Å². The first-order valence-electron chi connectivity index (χ1n) is 4.71. The van der Waals surface area contributed by atoms with Crippen molar-refractivity contribution >= 4 is 5.97 Å². The van der Waals surface area contributed by atoms with Gasteiger partial charge in [0.15, 0.2) is 6.29 Å². The van der Waals surface area contributed by atoms with E-state index in [1.807, 2.05) is 0 Å². The Morgan fingerprint density at radius 1 is 1.54 bits per heavy atom. The fourth-order valence-corrected chi connectivity index (χ4v) is 1.21. The highest BCUT2D eigenvalue weighted by atomic mass is 16.7. The van der Waals surface area contributed by atoms with Gasteiger partial charge in [-0.2, -0.15) is 0 Å². The Morgan fingerprint density at radius 2 is 2.38 bits per heavy atom. The van der Waals surface area contributed by atoms with Gasteiger partial charge < -0.3 is 14.2 Å². The third-order valence-electron chi connectivity index (χ3n) is 1.83. The van der Waals surface area contributed by atoms with Crippen molar-refractivity contribution in [2.45, 2.75) is 32.5 Å². The van der Waals surface area contributed by atoms with E-state index in [9.17, 15) is 4.79 Å². The number of hydrogen-bond donors (Lipinski definition) is 0. The van der Waals surface area contributed by atoms with Crippen molar-refractivity contribution in [1.82, 2.24) is 0 Å². The second-order valence-corrected chi connectivity index (χ2v) is 2.91. The summed E-state index contributed by atoms with van der Waals surface area (Å²) in [6.45, 7) is 2.90. The van der Waals surface area contributed by atoms with Gasteiger partial charge in [0.2, 0.25) is 0 Å². The van der Waals surface area contributed by atoms with Gasteiger partial charge in [-0.25, -0.2) is 4.79 Å². The third-order valence-corrected chi connectivity index (χ3v) is 1.83. The van der Waals surface area contributed by atoms with E-state index in [1.165, 1.54) is 0 Å². The Kier molecular flexibility index (Phi) is 4.78. The van der Waals surface area contributed by atoms with Gasteiger partial charge in [-0.15, -0.1) is 0 Å². The van der Waals surface area contributed by atoms with Gasteiger partial charge in [0.05, 0.1) is 6.61 Å². The van der Waals surface area contributed by atoms with Gasteiger partial charge in [0.1, 0.15) is 6.61 Å². The number of hydrogen-bond acceptors (Lipinski definition) is 4. The molecule has 1 heterocycles. The van der Waals surface area contributed by atoms with E-state index in [2.05, 4.69) is 0 Å². The first-order chi connectivity index (χ1) is 6.33. The Labute approximate surface area is 78.2 Å². The lowest BCUT2D eigenvalue weighted by molar-refractivity contribution is -0.181. The lowest BCUT2D eigenvalue weighted by Crippen LogP contribution is -2.25. The second-order valence-electron chi connectivity index (χ2n) is 2.91. The molecule has 0 aromatic heterocycles. The molecule has 0 aromatic rings. The van der Waals surface area contributed by atoms with E-state index in [1.54, 1.807) is 6.92 Å². The van der Waals surface area contributed by atoms with E-state index in [-0.39, 0.29) is 18.9 Å². The summed E-state index contributed by atoms with van der Waals surface area (Å²) in [5.74, 6) is -0.323. The smallest absolute Gasteiger partial charge is 0.332 e. The van der Waals surface area contributed by atoms with Gasteiger partial charge in [-0.3, -0.25) is 0 Å². The highest BCUT2D eigenvalue weighted by Gasteiger charge is 2.15. The van der Waals surface area contributed by atoms with Crippen molar-refractivity contribution in [1.29, 1.82) is 0 Å². The average Bonchev–Trinajstić information content (AvgIpc) is 2.17. The molecule has 4 heteroatoms. The van der Waals surface area contributed by atoms with Gasteiger partial charge >= 0.3 is 5.97 Å². The quantitative estimate of drug-likeness (QED) is 0.619. The lowest BCUT2D eigenvalue weighted by atomic mass is 10.2. The molecular formula is C9H16O4. The molecule has 1 aliphatic heterocycles. The molecule has 0 N–H and O–H groups in total. The monoisotopic (exact) mass is 188 g/mol. The predicted molar refractivity (Wildman–Crippen MR) is 46.2 cm³/mol. The van der Waals surface area contributed by atoms with Crippen molar-refractivity contribution in [3.63, 3.8) is 0 Å². The summed E-state index contributed by atoms with van der Waals surface area (Å²) in [6, 6.07) is 0. The van der Waals surface area contributed by atoms with E-state index in [0.29, 0.717) is 6.61 Å². The Balaban J connectivity index is 2.06. The third kappa shape index (κ3) is 4.24. The van der Waals surface area contributed by atoms with Crippen LogP contribution in [0, 0.1) is 0 Å². The molecule has 0 amide bonds. The molecule has 1 saturated heterocycles. The van der Waals surface area contributed by atoms with Crippen LogP contribution >= 0.6 is 0 Å². The maximum Gasteiger partial charge on any atom is 0.332 e. The fraction of sp³-hybridized carbons (Fsp3) is 0.889. The fourth-order valence-electron chi connectivity index (χ4n) is 1.21. The minimum absolute atomic E-state index is 0.00148. The summed E-state index contributed by atoms with van der Waals surface area (Å²) >= 11 is 0. The van der Waals surface area contributed by atoms with E-state index in [0.717, 1.165) is 25.9 Å². The summed E-state index contributed by atoms with van der Waals surface area (Å²) in [7, 11) is 0. The van der Waals surface area contributed by atoms with Gasteiger partial charge in [0.25, 0.3) is 0 Å². The van der Waals surface area contributed by atoms with Crippen molar-refractivity contribution in [3.05, 3.63) is 0 Å². The molecule has 1 rings (SSSR count). The molecule has 0 aromatic carbocycles. The number of esters is 1. The zero-order chi connectivity index (χ0) is 9.52. The average molecular weight is 188 g/mol. The molecule has 0 aliphatic carbocycles. The van der Waals surface area contributed by atoms with Crippen molar-refractivity contribution < 1.29 is 19.0 Å². The van der Waals surface area contributed by atoms with Crippen LogP contribution in [0.25, 0.3) is 0 Å². The molecule has 0 bridgehead atoms. The predicted octanol–water partition coefficient (Wildman–Crippen LogP) is 1.09. The minimum atomic E-state index is -0.323. The molecule has 76 valence electrons. The van der Waals surface area contributed by atoms with Crippen LogP contribution in [-0.2, 0) is 19.0 Å². The molecule has 13 heavy (non-hydrogen) atoms. The summed E-state index contributed by atoms with van der Waals surface area (Å²) in [6.07, 6.45) is 2.85. The lowest BCUT2D eigenvalue weighted by Gasteiger charge is -2.22. The maximum atomic E-state index is 10.9. The number of ether oxygens (including phenoxy) is 3. The van der Waals surface area contributed by atoms with Gasteiger partial charge in [0, 0.05) is 6.61 Å². The molecule has 4 nitrogen and oxygen atoms in total. The van der Waals surface area contributed by atoms with E-state index in [4.69, 9.17) is 14.2 Å². The van der Waals surface area contributed by atoms with Crippen molar-refractivity contribution in [2.24, 2.45) is 0 Å². The van der Waals surface area contributed by atoms with Crippen molar-refractivity contribution in [3.8, 4) is 0 Å². The van der Waals surface area contributed by atoms with Crippen molar-refractivity contribution in [2.75, 3.05) is 19.8 Å². The van der Waals surface area contributed by atoms with Crippen LogP contribution in [0.1, 0.15) is 26.2 Å². The van der Waals surface area contributed by atoms with Crippen LogP contribution in [0.4, 0.5) is 0 Å². The normalized spacial score (nSPS) is 22.7. The number of carbonyl (C=O) groups excluding carboxylic acids is 1. The van der Waals surface area contributed by atoms with Crippen LogP contribution in [0.15, 0.2) is 0 Å². The summed E-state index contributed by atoms with van der Waals surface area (Å²) < 4.78 is 15.2. The Hall–Kier alpha value is -0.610. The highest BCUT2D eigenvalue weighted by molar-refractivity contribution is 5.70. The molecule has 0 radical (unpaired) electrons. The Bertz CT molecular complexity index is 152.